The van der Waals surface area contributed by atoms with Crippen molar-refractivity contribution in [3.05, 3.63) is 108 Å². The van der Waals surface area contributed by atoms with Crippen molar-refractivity contribution in [1.82, 2.24) is 10.2 Å². The summed E-state index contributed by atoms with van der Waals surface area (Å²) in [4.78, 5) is 39.5. The number of esters is 1. The van der Waals surface area contributed by atoms with E-state index in [2.05, 4.69) is 5.32 Å². The van der Waals surface area contributed by atoms with Gasteiger partial charge in [0.25, 0.3) is 5.91 Å². The Morgan fingerprint density at radius 1 is 0.844 bits per heavy atom. The average Bonchev–Trinajstić information content (AvgIpc) is 2.84. The van der Waals surface area contributed by atoms with Gasteiger partial charge >= 0.3 is 5.97 Å². The van der Waals surface area contributed by atoms with Gasteiger partial charge in [-0.15, -0.1) is 0 Å². The zero-order valence-corrected chi connectivity index (χ0v) is 17.9. The second-order valence-corrected chi connectivity index (χ2v) is 7.32. The molecule has 32 heavy (non-hydrogen) atoms. The summed E-state index contributed by atoms with van der Waals surface area (Å²) in [7, 11) is 1.29. The Bertz CT molecular complexity index is 1020. The molecule has 0 radical (unpaired) electrons. The molecule has 2 amide bonds. The molecule has 1 atom stereocenters. The predicted octanol–water partition coefficient (Wildman–Crippen LogP) is 3.75. The normalized spacial score (nSPS) is 11.3. The molecule has 164 valence electrons. The van der Waals surface area contributed by atoms with Crippen LogP contribution in [0, 0.1) is 0 Å². The highest BCUT2D eigenvalue weighted by Gasteiger charge is 2.24. The number of amides is 2. The lowest BCUT2D eigenvalue weighted by atomic mass is 10.0. The van der Waals surface area contributed by atoms with Gasteiger partial charge in [0.05, 0.1) is 19.6 Å². The molecule has 0 heterocycles. The first-order chi connectivity index (χ1) is 15.6. The van der Waals surface area contributed by atoms with Crippen LogP contribution in [-0.2, 0) is 20.9 Å². The minimum Gasteiger partial charge on any atom is -0.468 e. The maximum atomic E-state index is 13.3. The molecule has 0 saturated heterocycles. The third-order valence-corrected chi connectivity index (χ3v) is 5.04. The smallest absolute Gasteiger partial charge is 0.325 e. The van der Waals surface area contributed by atoms with E-state index >= 15 is 0 Å². The zero-order chi connectivity index (χ0) is 22.8. The summed E-state index contributed by atoms with van der Waals surface area (Å²) in [5, 5.41) is 2.96. The lowest BCUT2D eigenvalue weighted by Crippen LogP contribution is -2.39. The lowest BCUT2D eigenvalue weighted by molar-refractivity contribution is -0.147. The molecular formula is C26H26N2O4. The van der Waals surface area contributed by atoms with Crippen LogP contribution < -0.4 is 5.32 Å². The summed E-state index contributed by atoms with van der Waals surface area (Å²) in [5.74, 6) is -1.03. The third kappa shape index (κ3) is 6.54. The minimum atomic E-state index is -0.549. The Labute approximate surface area is 187 Å². The molecule has 0 aromatic heterocycles. The predicted molar refractivity (Wildman–Crippen MR) is 122 cm³/mol. The summed E-state index contributed by atoms with van der Waals surface area (Å²) in [6.07, 6.45) is 0.00636. The van der Waals surface area contributed by atoms with E-state index in [-0.39, 0.29) is 31.3 Å². The van der Waals surface area contributed by atoms with Crippen LogP contribution in [0.15, 0.2) is 91.0 Å². The number of rotatable bonds is 9. The number of carbonyl (C=O) groups is 3. The number of benzene rings is 3. The van der Waals surface area contributed by atoms with Crippen LogP contribution in [0.4, 0.5) is 0 Å². The average molecular weight is 431 g/mol. The first kappa shape index (κ1) is 22.7. The number of hydrogen-bond acceptors (Lipinski definition) is 4. The third-order valence-electron chi connectivity index (χ3n) is 5.04. The van der Waals surface area contributed by atoms with Gasteiger partial charge in [0.2, 0.25) is 5.91 Å². The van der Waals surface area contributed by atoms with Crippen LogP contribution in [0.25, 0.3) is 0 Å². The topological polar surface area (TPSA) is 75.7 Å². The maximum Gasteiger partial charge on any atom is 0.325 e. The second-order valence-electron chi connectivity index (χ2n) is 7.32. The van der Waals surface area contributed by atoms with Crippen molar-refractivity contribution in [3.8, 4) is 0 Å². The second kappa shape index (κ2) is 11.5. The monoisotopic (exact) mass is 430 g/mol. The summed E-state index contributed by atoms with van der Waals surface area (Å²) >= 11 is 0. The van der Waals surface area contributed by atoms with E-state index in [9.17, 15) is 14.4 Å². The van der Waals surface area contributed by atoms with Gasteiger partial charge in [-0.05, 0) is 23.3 Å². The van der Waals surface area contributed by atoms with E-state index < -0.39 is 12.0 Å². The van der Waals surface area contributed by atoms with Crippen molar-refractivity contribution in [2.45, 2.75) is 19.0 Å². The molecule has 0 fully saturated rings. The molecule has 0 saturated carbocycles. The molecule has 0 aliphatic carbocycles. The van der Waals surface area contributed by atoms with Gasteiger partial charge in [-0.3, -0.25) is 14.4 Å². The molecule has 6 nitrogen and oxygen atoms in total. The summed E-state index contributed by atoms with van der Waals surface area (Å²) in [6.45, 7) is 0.0985. The largest absolute Gasteiger partial charge is 0.468 e. The highest BCUT2D eigenvalue weighted by atomic mass is 16.5. The molecule has 0 bridgehead atoms. The number of ether oxygens (including phenoxy) is 1. The van der Waals surface area contributed by atoms with Crippen molar-refractivity contribution in [1.29, 1.82) is 0 Å². The molecular weight excluding hydrogens is 404 g/mol. The Kier molecular flexibility index (Phi) is 8.15. The number of methoxy groups -OCH3 is 1. The first-order valence-corrected chi connectivity index (χ1v) is 10.4. The van der Waals surface area contributed by atoms with Crippen LogP contribution in [0.5, 0.6) is 0 Å². The number of carbonyl (C=O) groups excluding carboxylic acids is 3. The molecule has 1 unspecified atom stereocenters. The standard InChI is InChI=1S/C26H26N2O4/c1-32-25(30)19-28(18-20-11-5-2-6-12-20)24(29)17-23(21-13-7-3-8-14-21)27-26(31)22-15-9-4-10-16-22/h2-16,23H,17-19H2,1H3,(H,27,31). The Balaban J connectivity index is 1.80. The van der Waals surface area contributed by atoms with Gasteiger partial charge in [0.15, 0.2) is 0 Å². The fraction of sp³-hybridized carbons (Fsp3) is 0.192. The van der Waals surface area contributed by atoms with Gasteiger partial charge in [0, 0.05) is 12.1 Å². The highest BCUT2D eigenvalue weighted by molar-refractivity contribution is 5.94. The van der Waals surface area contributed by atoms with Gasteiger partial charge in [-0.25, -0.2) is 0 Å². The number of nitrogens with zero attached hydrogens (tertiary/aromatic N) is 1. The lowest BCUT2D eigenvalue weighted by Gasteiger charge is -2.25. The molecule has 0 spiro atoms. The van der Waals surface area contributed by atoms with Crippen molar-refractivity contribution in [3.63, 3.8) is 0 Å². The highest BCUT2D eigenvalue weighted by Crippen LogP contribution is 2.20. The molecule has 0 aliphatic heterocycles. The molecule has 3 aromatic rings. The molecule has 3 aromatic carbocycles. The van der Waals surface area contributed by atoms with Crippen molar-refractivity contribution in [2.75, 3.05) is 13.7 Å². The van der Waals surface area contributed by atoms with Gasteiger partial charge in [-0.2, -0.15) is 0 Å². The van der Waals surface area contributed by atoms with Crippen LogP contribution in [-0.4, -0.2) is 36.3 Å². The van der Waals surface area contributed by atoms with Crippen LogP contribution in [0.1, 0.15) is 33.9 Å². The maximum absolute atomic E-state index is 13.3. The Morgan fingerprint density at radius 3 is 2.00 bits per heavy atom. The van der Waals surface area contributed by atoms with E-state index in [1.54, 1.807) is 24.3 Å². The van der Waals surface area contributed by atoms with Gasteiger partial charge < -0.3 is 15.0 Å². The summed E-state index contributed by atoms with van der Waals surface area (Å²) in [6, 6.07) is 27.1. The van der Waals surface area contributed by atoms with Crippen LogP contribution >= 0.6 is 0 Å². The fourth-order valence-electron chi connectivity index (χ4n) is 3.33. The molecule has 3 rings (SSSR count). The fourth-order valence-corrected chi connectivity index (χ4v) is 3.33. The quantitative estimate of drug-likeness (QED) is 0.525. The van der Waals surface area contributed by atoms with E-state index in [1.165, 1.54) is 12.0 Å². The van der Waals surface area contributed by atoms with E-state index in [1.807, 2.05) is 66.7 Å². The van der Waals surface area contributed by atoms with Crippen molar-refractivity contribution < 1.29 is 19.1 Å². The van der Waals surface area contributed by atoms with Crippen molar-refractivity contribution >= 4 is 17.8 Å². The van der Waals surface area contributed by atoms with Gasteiger partial charge in [0.1, 0.15) is 6.54 Å². The number of hydrogen-bond donors (Lipinski definition) is 1. The number of nitrogens with one attached hydrogen (secondary N) is 1. The van der Waals surface area contributed by atoms with E-state index in [0.717, 1.165) is 11.1 Å². The summed E-state index contributed by atoms with van der Waals surface area (Å²) < 4.78 is 4.78. The Hall–Kier alpha value is -3.93. The first-order valence-electron chi connectivity index (χ1n) is 10.4. The van der Waals surface area contributed by atoms with Crippen molar-refractivity contribution in [2.24, 2.45) is 0 Å². The zero-order valence-electron chi connectivity index (χ0n) is 17.9. The van der Waals surface area contributed by atoms with E-state index in [0.29, 0.717) is 5.56 Å². The van der Waals surface area contributed by atoms with Gasteiger partial charge in [-0.1, -0.05) is 78.9 Å². The van der Waals surface area contributed by atoms with E-state index in [4.69, 9.17) is 4.74 Å². The minimum absolute atomic E-state index is 0.00636. The Morgan fingerprint density at radius 2 is 1.41 bits per heavy atom. The molecule has 1 N–H and O–H groups in total. The van der Waals surface area contributed by atoms with Crippen LogP contribution in [0.3, 0.4) is 0 Å². The summed E-state index contributed by atoms with van der Waals surface area (Å²) in [5.41, 5.74) is 2.22. The van der Waals surface area contributed by atoms with Crippen LogP contribution in [0.2, 0.25) is 0 Å². The SMILES string of the molecule is COC(=O)CN(Cc1ccccc1)C(=O)CC(NC(=O)c1ccccc1)c1ccccc1. The molecule has 6 heteroatoms. The molecule has 0 aliphatic rings.